The van der Waals surface area contributed by atoms with Gasteiger partial charge in [0.2, 0.25) is 10.0 Å². The first-order valence-electron chi connectivity index (χ1n) is 6.48. The molecule has 6 heteroatoms. The van der Waals surface area contributed by atoms with E-state index < -0.39 is 10.0 Å². The molecule has 0 N–H and O–H groups in total. The summed E-state index contributed by atoms with van der Waals surface area (Å²) in [5, 5.41) is 0. The van der Waals surface area contributed by atoms with E-state index >= 15 is 0 Å². The lowest BCUT2D eigenvalue weighted by molar-refractivity contribution is 0.465. The van der Waals surface area contributed by atoms with E-state index in [1.807, 2.05) is 18.2 Å². The quantitative estimate of drug-likeness (QED) is 0.768. The average Bonchev–Trinajstić information content (AvgIpc) is 2.48. The van der Waals surface area contributed by atoms with Crippen LogP contribution in [0.2, 0.25) is 0 Å². The summed E-state index contributed by atoms with van der Waals surface area (Å²) in [4.78, 5) is 3.99. The fraction of sp³-hybridized carbons (Fsp3) is 0.267. The zero-order valence-electron chi connectivity index (χ0n) is 11.7. The highest BCUT2D eigenvalue weighted by atomic mass is 35.5. The predicted molar refractivity (Wildman–Crippen MR) is 84.3 cm³/mol. The Morgan fingerprint density at radius 2 is 1.76 bits per heavy atom. The minimum atomic E-state index is -3.36. The van der Waals surface area contributed by atoms with E-state index in [9.17, 15) is 8.42 Å². The normalized spacial score (nSPS) is 11.8. The van der Waals surface area contributed by atoms with E-state index in [0.29, 0.717) is 12.4 Å². The molecule has 4 nitrogen and oxygen atoms in total. The number of alkyl halides is 1. The molecule has 2 aromatic rings. The number of nitrogens with zero attached hydrogens (tertiary/aromatic N) is 2. The van der Waals surface area contributed by atoms with Crippen molar-refractivity contribution in [1.29, 1.82) is 0 Å². The zero-order chi connectivity index (χ0) is 15.3. The minimum Gasteiger partial charge on any atom is -0.264 e. The molecule has 0 aliphatic rings. The van der Waals surface area contributed by atoms with Gasteiger partial charge in [0.1, 0.15) is 0 Å². The van der Waals surface area contributed by atoms with Gasteiger partial charge in [-0.25, -0.2) is 12.7 Å². The smallest absolute Gasteiger partial charge is 0.218 e. The first-order valence-corrected chi connectivity index (χ1v) is 8.62. The third-order valence-electron chi connectivity index (χ3n) is 3.13. The van der Waals surface area contributed by atoms with E-state index in [2.05, 4.69) is 4.98 Å². The van der Waals surface area contributed by atoms with Gasteiger partial charge in [0.25, 0.3) is 0 Å². The Balaban J connectivity index is 2.06. The first-order chi connectivity index (χ1) is 10.0. The topological polar surface area (TPSA) is 50.3 Å². The minimum absolute atomic E-state index is 0.0215. The van der Waals surface area contributed by atoms with Crippen molar-refractivity contribution in [2.24, 2.45) is 0 Å². The fourth-order valence-corrected chi connectivity index (χ4v) is 3.25. The number of pyridine rings is 1. The predicted octanol–water partition coefficient (Wildman–Crippen LogP) is 2.78. The maximum atomic E-state index is 12.3. The Hall–Kier alpha value is -1.43. The number of sulfonamides is 1. The lowest BCUT2D eigenvalue weighted by atomic mass is 10.2. The summed E-state index contributed by atoms with van der Waals surface area (Å²) < 4.78 is 26.0. The van der Waals surface area contributed by atoms with Gasteiger partial charge >= 0.3 is 0 Å². The Morgan fingerprint density at radius 3 is 2.33 bits per heavy atom. The number of hydrogen-bond donors (Lipinski definition) is 0. The average molecular weight is 325 g/mol. The molecule has 1 aromatic heterocycles. The van der Waals surface area contributed by atoms with Gasteiger partial charge < -0.3 is 0 Å². The second-order valence-electron chi connectivity index (χ2n) is 4.82. The molecule has 0 saturated carbocycles. The summed E-state index contributed by atoms with van der Waals surface area (Å²) >= 11 is 5.72. The molecule has 1 aromatic carbocycles. The van der Waals surface area contributed by atoms with Crippen LogP contribution in [-0.2, 0) is 28.2 Å². The number of aromatic nitrogens is 1. The molecule has 0 unspecified atom stereocenters. The van der Waals surface area contributed by atoms with Crippen LogP contribution >= 0.6 is 11.6 Å². The highest BCUT2D eigenvalue weighted by molar-refractivity contribution is 7.88. The van der Waals surface area contributed by atoms with Crippen molar-refractivity contribution >= 4 is 21.6 Å². The van der Waals surface area contributed by atoms with E-state index in [-0.39, 0.29) is 5.75 Å². The Morgan fingerprint density at radius 1 is 1.10 bits per heavy atom. The van der Waals surface area contributed by atoms with E-state index in [1.165, 1.54) is 4.31 Å². The summed E-state index contributed by atoms with van der Waals surface area (Å²) in [6.45, 7) is 0.315. The van der Waals surface area contributed by atoms with Crippen LogP contribution in [0.25, 0.3) is 0 Å². The molecule has 2 rings (SSSR count). The van der Waals surface area contributed by atoms with Crippen LogP contribution < -0.4 is 0 Å². The van der Waals surface area contributed by atoms with Gasteiger partial charge in [-0.3, -0.25) is 4.98 Å². The molecule has 0 fully saturated rings. The van der Waals surface area contributed by atoms with Gasteiger partial charge in [0.15, 0.2) is 0 Å². The van der Waals surface area contributed by atoms with Crippen molar-refractivity contribution in [3.63, 3.8) is 0 Å². The molecular weight excluding hydrogens is 308 g/mol. The monoisotopic (exact) mass is 324 g/mol. The van der Waals surface area contributed by atoms with E-state index in [4.69, 9.17) is 11.6 Å². The van der Waals surface area contributed by atoms with Crippen LogP contribution in [0.15, 0.2) is 48.8 Å². The lowest BCUT2D eigenvalue weighted by Crippen LogP contribution is -2.27. The second-order valence-corrected chi connectivity index (χ2v) is 7.17. The maximum absolute atomic E-state index is 12.3. The summed E-state index contributed by atoms with van der Waals surface area (Å²) in [6, 6.07) is 10.9. The van der Waals surface area contributed by atoms with Crippen LogP contribution in [-0.4, -0.2) is 24.8 Å². The summed E-state index contributed by atoms with van der Waals surface area (Å²) in [5.41, 5.74) is 2.59. The van der Waals surface area contributed by atoms with Crippen LogP contribution in [0.3, 0.4) is 0 Å². The number of rotatable bonds is 6. The molecule has 0 radical (unpaired) electrons. The largest absolute Gasteiger partial charge is 0.264 e. The number of hydrogen-bond acceptors (Lipinski definition) is 3. The molecule has 0 aliphatic heterocycles. The van der Waals surface area contributed by atoms with E-state index in [1.54, 1.807) is 37.6 Å². The molecular formula is C15H17ClN2O2S. The second kappa shape index (κ2) is 7.02. The van der Waals surface area contributed by atoms with Crippen LogP contribution in [0, 0.1) is 0 Å². The molecule has 0 atom stereocenters. The van der Waals surface area contributed by atoms with Crippen molar-refractivity contribution in [2.45, 2.75) is 18.2 Å². The first kappa shape index (κ1) is 15.9. The lowest BCUT2D eigenvalue weighted by Gasteiger charge is -2.17. The highest BCUT2D eigenvalue weighted by Crippen LogP contribution is 2.14. The van der Waals surface area contributed by atoms with Gasteiger partial charge in [-0.2, -0.15) is 0 Å². The van der Waals surface area contributed by atoms with Gasteiger partial charge in [-0.05, 0) is 22.8 Å². The van der Waals surface area contributed by atoms with Crippen molar-refractivity contribution in [1.82, 2.24) is 9.29 Å². The molecule has 21 heavy (non-hydrogen) atoms. The molecule has 0 saturated heterocycles. The van der Waals surface area contributed by atoms with Gasteiger partial charge in [-0.1, -0.05) is 30.3 Å². The van der Waals surface area contributed by atoms with Crippen LogP contribution in [0.1, 0.15) is 16.7 Å². The Labute approximate surface area is 130 Å². The molecule has 112 valence electrons. The van der Waals surface area contributed by atoms with Crippen molar-refractivity contribution < 1.29 is 8.42 Å². The Kier molecular flexibility index (Phi) is 5.33. The van der Waals surface area contributed by atoms with Crippen molar-refractivity contribution in [3.8, 4) is 0 Å². The van der Waals surface area contributed by atoms with Gasteiger partial charge in [0, 0.05) is 31.9 Å². The fourth-order valence-electron chi connectivity index (χ4n) is 1.89. The van der Waals surface area contributed by atoms with Crippen molar-refractivity contribution in [3.05, 3.63) is 65.5 Å². The maximum Gasteiger partial charge on any atom is 0.218 e. The molecule has 0 aliphatic carbocycles. The van der Waals surface area contributed by atoms with Crippen molar-refractivity contribution in [2.75, 3.05) is 7.05 Å². The summed E-state index contributed by atoms with van der Waals surface area (Å²) in [7, 11) is -1.78. The SMILES string of the molecule is CN(Cc1cccnc1)S(=O)(=O)Cc1ccc(CCl)cc1. The molecule has 0 spiro atoms. The summed E-state index contributed by atoms with van der Waals surface area (Å²) in [5.74, 6) is 0.403. The standard InChI is InChI=1S/C15H17ClN2O2S/c1-18(11-15-3-2-8-17-10-15)21(19,20)12-14-6-4-13(9-16)5-7-14/h2-8,10H,9,11-12H2,1H3. The molecule has 0 bridgehead atoms. The number of halogens is 1. The highest BCUT2D eigenvalue weighted by Gasteiger charge is 2.18. The molecule has 1 heterocycles. The zero-order valence-corrected chi connectivity index (χ0v) is 13.3. The third-order valence-corrected chi connectivity index (χ3v) is 5.21. The van der Waals surface area contributed by atoms with Gasteiger partial charge in [-0.15, -0.1) is 11.6 Å². The van der Waals surface area contributed by atoms with E-state index in [0.717, 1.165) is 16.7 Å². The summed E-state index contributed by atoms with van der Waals surface area (Å²) in [6.07, 6.45) is 3.33. The third kappa shape index (κ3) is 4.52. The Bertz CT molecular complexity index is 673. The van der Waals surface area contributed by atoms with Crippen LogP contribution in [0.5, 0.6) is 0 Å². The number of benzene rings is 1. The molecule has 0 amide bonds. The van der Waals surface area contributed by atoms with Gasteiger partial charge in [0.05, 0.1) is 5.75 Å². The van der Waals surface area contributed by atoms with Crippen LogP contribution in [0.4, 0.5) is 0 Å².